The normalized spacial score (nSPS) is 16.5. The fourth-order valence-corrected chi connectivity index (χ4v) is 3.86. The molecule has 146 valence electrons. The molecule has 0 unspecified atom stereocenters. The first-order chi connectivity index (χ1) is 13.7. The maximum atomic E-state index is 11.2. The van der Waals surface area contributed by atoms with Crippen LogP contribution in [0.1, 0.15) is 47.2 Å². The van der Waals surface area contributed by atoms with Crippen LogP contribution in [0.25, 0.3) is 0 Å². The van der Waals surface area contributed by atoms with Crippen LogP contribution in [-0.2, 0) is 6.42 Å². The van der Waals surface area contributed by atoms with Crippen molar-refractivity contribution in [1.82, 2.24) is 4.90 Å². The quantitative estimate of drug-likeness (QED) is 0.573. The van der Waals surface area contributed by atoms with Crippen molar-refractivity contribution in [2.45, 2.75) is 32.1 Å². The van der Waals surface area contributed by atoms with Crippen LogP contribution >= 0.6 is 0 Å². The molecule has 1 aliphatic heterocycles. The second kappa shape index (κ2) is 10.00. The Morgan fingerprint density at radius 2 is 1.93 bits per heavy atom. The molecule has 0 radical (unpaired) electrons. The summed E-state index contributed by atoms with van der Waals surface area (Å²) in [6.07, 6.45) is 7.55. The van der Waals surface area contributed by atoms with E-state index in [-0.39, 0.29) is 0 Å². The highest BCUT2D eigenvalue weighted by Gasteiger charge is 2.21. The van der Waals surface area contributed by atoms with Crippen molar-refractivity contribution >= 4 is 17.7 Å². The zero-order valence-corrected chi connectivity index (χ0v) is 16.6. The van der Waals surface area contributed by atoms with Gasteiger partial charge in [-0.15, -0.1) is 0 Å². The molecule has 3 rings (SSSR count). The van der Waals surface area contributed by atoms with E-state index in [0.717, 1.165) is 67.7 Å². The summed E-state index contributed by atoms with van der Waals surface area (Å²) in [5.74, 6) is 0.557. The summed E-state index contributed by atoms with van der Waals surface area (Å²) in [6.45, 7) is 4.98. The SMILES string of the molecule is CCc1cc(C2CCN(CC(C=CN)=Nc3ccccc3)CC2)ccc1C=O. The Morgan fingerprint density at radius 3 is 2.57 bits per heavy atom. The molecular weight excluding hydrogens is 346 g/mol. The topological polar surface area (TPSA) is 58.7 Å². The van der Waals surface area contributed by atoms with Gasteiger partial charge in [-0.2, -0.15) is 0 Å². The molecule has 0 atom stereocenters. The first kappa shape index (κ1) is 20.0. The Bertz CT molecular complexity index is 834. The highest BCUT2D eigenvalue weighted by molar-refractivity contribution is 5.98. The van der Waals surface area contributed by atoms with E-state index in [2.05, 4.69) is 24.0 Å². The van der Waals surface area contributed by atoms with E-state index >= 15 is 0 Å². The van der Waals surface area contributed by atoms with E-state index in [4.69, 9.17) is 10.7 Å². The van der Waals surface area contributed by atoms with Crippen LogP contribution in [0.3, 0.4) is 0 Å². The van der Waals surface area contributed by atoms with Crippen molar-refractivity contribution < 1.29 is 4.79 Å². The minimum Gasteiger partial charge on any atom is -0.405 e. The average molecular weight is 376 g/mol. The van der Waals surface area contributed by atoms with Gasteiger partial charge in [-0.1, -0.05) is 43.3 Å². The molecule has 0 spiro atoms. The highest BCUT2D eigenvalue weighted by atomic mass is 16.1. The third kappa shape index (κ3) is 5.17. The molecule has 1 saturated heterocycles. The number of hydrogen-bond acceptors (Lipinski definition) is 4. The standard InChI is InChI=1S/C24H29N3O/c1-2-19-16-21(8-9-22(19)18-28)20-11-14-27(15-12-20)17-24(10-13-25)26-23-6-4-3-5-7-23/h3-10,13,16,18,20H,2,11-12,14-15,17,25H2,1H3. The van der Waals surface area contributed by atoms with Crippen LogP contribution < -0.4 is 5.73 Å². The van der Waals surface area contributed by atoms with Crippen LogP contribution in [0.5, 0.6) is 0 Å². The summed E-state index contributed by atoms with van der Waals surface area (Å²) in [5.41, 5.74) is 10.9. The Morgan fingerprint density at radius 1 is 1.18 bits per heavy atom. The fourth-order valence-electron chi connectivity index (χ4n) is 3.86. The molecular formula is C24H29N3O. The number of aryl methyl sites for hydroxylation is 1. The molecule has 4 nitrogen and oxygen atoms in total. The van der Waals surface area contributed by atoms with Crippen molar-refractivity contribution in [3.63, 3.8) is 0 Å². The van der Waals surface area contributed by atoms with E-state index < -0.39 is 0 Å². The smallest absolute Gasteiger partial charge is 0.150 e. The van der Waals surface area contributed by atoms with Gasteiger partial charge in [-0.05, 0) is 73.8 Å². The minimum atomic E-state index is 0.557. The van der Waals surface area contributed by atoms with Gasteiger partial charge in [0, 0.05) is 12.1 Å². The zero-order valence-electron chi connectivity index (χ0n) is 16.6. The monoisotopic (exact) mass is 375 g/mol. The maximum absolute atomic E-state index is 11.2. The first-order valence-electron chi connectivity index (χ1n) is 10.0. The number of aldehydes is 1. The van der Waals surface area contributed by atoms with Crippen LogP contribution in [-0.4, -0.2) is 36.5 Å². The van der Waals surface area contributed by atoms with E-state index in [1.165, 1.54) is 5.56 Å². The molecule has 28 heavy (non-hydrogen) atoms. The number of likely N-dealkylation sites (tertiary alicyclic amines) is 1. The van der Waals surface area contributed by atoms with Gasteiger partial charge in [-0.3, -0.25) is 14.7 Å². The zero-order chi connectivity index (χ0) is 19.8. The van der Waals surface area contributed by atoms with E-state index in [0.29, 0.717) is 5.92 Å². The summed E-state index contributed by atoms with van der Waals surface area (Å²) >= 11 is 0. The second-order valence-electron chi connectivity index (χ2n) is 7.28. The van der Waals surface area contributed by atoms with Gasteiger partial charge >= 0.3 is 0 Å². The lowest BCUT2D eigenvalue weighted by Crippen LogP contribution is -2.36. The van der Waals surface area contributed by atoms with Crippen molar-refractivity contribution in [1.29, 1.82) is 0 Å². The van der Waals surface area contributed by atoms with Crippen LogP contribution in [0.4, 0.5) is 5.69 Å². The number of nitrogens with zero attached hydrogens (tertiary/aromatic N) is 2. The second-order valence-corrected chi connectivity index (χ2v) is 7.28. The van der Waals surface area contributed by atoms with Crippen LogP contribution in [0.15, 0.2) is 65.8 Å². The molecule has 4 heteroatoms. The molecule has 2 aromatic rings. The molecule has 2 aromatic carbocycles. The van der Waals surface area contributed by atoms with Gasteiger partial charge in [0.15, 0.2) is 0 Å². The predicted molar refractivity (Wildman–Crippen MR) is 116 cm³/mol. The first-order valence-corrected chi connectivity index (χ1v) is 10.0. The molecule has 0 aromatic heterocycles. The van der Waals surface area contributed by atoms with E-state index in [9.17, 15) is 4.79 Å². The number of carbonyl (C=O) groups is 1. The number of piperidine rings is 1. The number of benzene rings is 2. The summed E-state index contributed by atoms with van der Waals surface area (Å²) < 4.78 is 0. The van der Waals surface area contributed by atoms with E-state index in [1.807, 2.05) is 42.5 Å². The minimum absolute atomic E-state index is 0.557. The average Bonchev–Trinajstić information content (AvgIpc) is 2.74. The molecule has 1 aliphatic rings. The third-order valence-electron chi connectivity index (χ3n) is 5.44. The number of para-hydroxylation sites is 1. The number of aliphatic imine (C=N–C) groups is 1. The Labute approximate surface area is 167 Å². The van der Waals surface area contributed by atoms with Crippen LogP contribution in [0.2, 0.25) is 0 Å². The Balaban J connectivity index is 1.63. The Kier molecular flexibility index (Phi) is 7.15. The number of rotatable bonds is 7. The van der Waals surface area contributed by atoms with Gasteiger partial charge in [-0.25, -0.2) is 0 Å². The third-order valence-corrected chi connectivity index (χ3v) is 5.44. The lowest BCUT2D eigenvalue weighted by molar-refractivity contribution is 0.112. The number of hydrogen-bond donors (Lipinski definition) is 1. The van der Waals surface area contributed by atoms with Gasteiger partial charge in [0.05, 0.1) is 11.4 Å². The molecule has 0 amide bonds. The summed E-state index contributed by atoms with van der Waals surface area (Å²) in [6, 6.07) is 16.3. The highest BCUT2D eigenvalue weighted by Crippen LogP contribution is 2.29. The van der Waals surface area contributed by atoms with Gasteiger partial charge in [0.1, 0.15) is 6.29 Å². The molecule has 0 bridgehead atoms. The van der Waals surface area contributed by atoms with Crippen molar-refractivity contribution in [2.24, 2.45) is 10.7 Å². The lowest BCUT2D eigenvalue weighted by atomic mass is 9.87. The van der Waals surface area contributed by atoms with Crippen molar-refractivity contribution in [3.05, 3.63) is 77.5 Å². The Hall–Kier alpha value is -2.72. The molecule has 0 aliphatic carbocycles. The van der Waals surface area contributed by atoms with E-state index in [1.54, 1.807) is 6.20 Å². The molecule has 1 fully saturated rings. The number of carbonyl (C=O) groups excluding carboxylic acids is 1. The molecule has 1 heterocycles. The number of nitrogens with two attached hydrogens (primary N) is 1. The molecule has 2 N–H and O–H groups in total. The molecule has 0 saturated carbocycles. The fraction of sp³-hybridized carbons (Fsp3) is 0.333. The van der Waals surface area contributed by atoms with Crippen molar-refractivity contribution in [3.8, 4) is 0 Å². The van der Waals surface area contributed by atoms with Gasteiger partial charge in [0.25, 0.3) is 0 Å². The lowest BCUT2D eigenvalue weighted by Gasteiger charge is -2.32. The predicted octanol–water partition coefficient (Wildman–Crippen LogP) is 4.49. The van der Waals surface area contributed by atoms with Gasteiger partial charge < -0.3 is 5.73 Å². The summed E-state index contributed by atoms with van der Waals surface area (Å²) in [7, 11) is 0. The van der Waals surface area contributed by atoms with Crippen LogP contribution in [0, 0.1) is 0 Å². The summed E-state index contributed by atoms with van der Waals surface area (Å²) in [4.78, 5) is 18.4. The largest absolute Gasteiger partial charge is 0.405 e. The van der Waals surface area contributed by atoms with Gasteiger partial charge in [0.2, 0.25) is 0 Å². The van der Waals surface area contributed by atoms with Crippen molar-refractivity contribution in [2.75, 3.05) is 19.6 Å². The summed E-state index contributed by atoms with van der Waals surface area (Å²) in [5, 5.41) is 0. The maximum Gasteiger partial charge on any atom is 0.150 e.